The molecule has 0 saturated heterocycles. The Bertz CT molecular complexity index is 713. The van der Waals surface area contributed by atoms with E-state index in [1.54, 1.807) is 24.3 Å². The quantitative estimate of drug-likeness (QED) is 0.442. The molecule has 27 heavy (non-hydrogen) atoms. The van der Waals surface area contributed by atoms with Crippen LogP contribution in [0, 0.1) is 11.8 Å². The van der Waals surface area contributed by atoms with Gasteiger partial charge in [0.05, 0.1) is 13.2 Å². The predicted octanol–water partition coefficient (Wildman–Crippen LogP) is 3.09. The highest BCUT2D eigenvalue weighted by Gasteiger charge is 2.03. The van der Waals surface area contributed by atoms with Gasteiger partial charge in [0, 0.05) is 30.4 Å². The van der Waals surface area contributed by atoms with Gasteiger partial charge in [-0.15, -0.1) is 0 Å². The van der Waals surface area contributed by atoms with Crippen molar-refractivity contribution in [1.29, 1.82) is 0 Å². The van der Waals surface area contributed by atoms with Crippen LogP contribution in [0.25, 0.3) is 0 Å². The molecule has 0 aliphatic heterocycles. The SMILES string of the molecule is OCCCCOc1cc(C#Cc2ccc(O)cc2)cc(OCCCCO)c1. The van der Waals surface area contributed by atoms with E-state index in [0.29, 0.717) is 37.6 Å². The zero-order valence-corrected chi connectivity index (χ0v) is 15.4. The van der Waals surface area contributed by atoms with Crippen molar-refractivity contribution < 1.29 is 24.8 Å². The average molecular weight is 370 g/mol. The van der Waals surface area contributed by atoms with Gasteiger partial charge in [0.25, 0.3) is 0 Å². The fraction of sp³-hybridized carbons (Fsp3) is 0.364. The molecule has 0 aliphatic carbocycles. The van der Waals surface area contributed by atoms with Gasteiger partial charge >= 0.3 is 0 Å². The summed E-state index contributed by atoms with van der Waals surface area (Å²) < 4.78 is 11.5. The predicted molar refractivity (Wildman–Crippen MR) is 104 cm³/mol. The molecule has 0 heterocycles. The highest BCUT2D eigenvalue weighted by molar-refractivity contribution is 5.49. The van der Waals surface area contributed by atoms with Gasteiger partial charge < -0.3 is 24.8 Å². The Morgan fingerprint density at radius 2 is 1.19 bits per heavy atom. The number of rotatable bonds is 10. The van der Waals surface area contributed by atoms with Crippen LogP contribution in [0.2, 0.25) is 0 Å². The molecule has 2 aromatic rings. The Hall–Kier alpha value is -2.68. The number of hydrogen-bond acceptors (Lipinski definition) is 5. The number of benzene rings is 2. The molecule has 0 atom stereocenters. The van der Waals surface area contributed by atoms with E-state index in [2.05, 4.69) is 11.8 Å². The van der Waals surface area contributed by atoms with E-state index >= 15 is 0 Å². The van der Waals surface area contributed by atoms with E-state index in [9.17, 15) is 5.11 Å². The van der Waals surface area contributed by atoms with Gasteiger partial charge in [-0.05, 0) is 62.1 Å². The number of unbranched alkanes of at least 4 members (excludes halogenated alkanes) is 2. The third-order valence-corrected chi connectivity index (χ3v) is 3.74. The number of aromatic hydroxyl groups is 1. The Morgan fingerprint density at radius 1 is 0.667 bits per heavy atom. The molecule has 0 unspecified atom stereocenters. The molecule has 2 aromatic carbocycles. The molecule has 3 N–H and O–H groups in total. The molecule has 0 aromatic heterocycles. The van der Waals surface area contributed by atoms with Gasteiger partial charge in [-0.3, -0.25) is 0 Å². The number of phenolic OH excluding ortho intramolecular Hbond substituents is 1. The molecule has 5 heteroatoms. The minimum atomic E-state index is 0.153. The van der Waals surface area contributed by atoms with E-state index in [-0.39, 0.29) is 19.0 Å². The van der Waals surface area contributed by atoms with Crippen molar-refractivity contribution in [1.82, 2.24) is 0 Å². The third kappa shape index (κ3) is 8.04. The Kier molecular flexibility index (Phi) is 9.05. The first-order chi connectivity index (χ1) is 13.2. The zero-order chi connectivity index (χ0) is 19.3. The van der Waals surface area contributed by atoms with Crippen molar-refractivity contribution in [2.45, 2.75) is 25.7 Å². The molecule has 0 saturated carbocycles. The van der Waals surface area contributed by atoms with Crippen molar-refractivity contribution in [3.05, 3.63) is 53.6 Å². The Labute approximate surface area is 160 Å². The molecule has 144 valence electrons. The first kappa shape index (κ1) is 20.6. The molecule has 0 bridgehead atoms. The fourth-order valence-corrected chi connectivity index (χ4v) is 2.31. The van der Waals surface area contributed by atoms with Crippen molar-refractivity contribution in [2.24, 2.45) is 0 Å². The second kappa shape index (κ2) is 11.8. The normalized spacial score (nSPS) is 10.1. The minimum Gasteiger partial charge on any atom is -0.508 e. The van der Waals surface area contributed by atoms with Crippen LogP contribution in [0.15, 0.2) is 42.5 Å². The lowest BCUT2D eigenvalue weighted by Gasteiger charge is -2.10. The maximum Gasteiger partial charge on any atom is 0.124 e. The van der Waals surface area contributed by atoms with Crippen LogP contribution < -0.4 is 9.47 Å². The molecular formula is C22H26O5. The zero-order valence-electron chi connectivity index (χ0n) is 15.4. The van der Waals surface area contributed by atoms with Gasteiger partial charge in [-0.1, -0.05) is 11.8 Å². The summed E-state index contributed by atoms with van der Waals surface area (Å²) in [7, 11) is 0. The van der Waals surface area contributed by atoms with Gasteiger partial charge in [0.15, 0.2) is 0 Å². The first-order valence-electron chi connectivity index (χ1n) is 9.15. The number of phenols is 1. The van der Waals surface area contributed by atoms with Gasteiger partial charge in [0.2, 0.25) is 0 Å². The van der Waals surface area contributed by atoms with Crippen LogP contribution in [-0.4, -0.2) is 41.7 Å². The van der Waals surface area contributed by atoms with E-state index in [1.165, 1.54) is 0 Å². The van der Waals surface area contributed by atoms with E-state index in [0.717, 1.165) is 24.0 Å². The van der Waals surface area contributed by atoms with Crippen LogP contribution in [0.5, 0.6) is 17.2 Å². The molecule has 0 fully saturated rings. The molecule has 0 amide bonds. The summed E-state index contributed by atoms with van der Waals surface area (Å²) in [4.78, 5) is 0. The number of aliphatic hydroxyl groups excluding tert-OH is 2. The number of ether oxygens (including phenoxy) is 2. The number of aliphatic hydroxyl groups is 2. The van der Waals surface area contributed by atoms with Crippen molar-refractivity contribution in [3.8, 4) is 29.1 Å². The molecular weight excluding hydrogens is 344 g/mol. The number of hydrogen-bond donors (Lipinski definition) is 3. The van der Waals surface area contributed by atoms with Crippen LogP contribution in [0.3, 0.4) is 0 Å². The summed E-state index contributed by atoms with van der Waals surface area (Å²) in [5.74, 6) is 7.69. The summed E-state index contributed by atoms with van der Waals surface area (Å²) in [5.41, 5.74) is 1.56. The third-order valence-electron chi connectivity index (χ3n) is 3.74. The molecule has 2 rings (SSSR count). The van der Waals surface area contributed by atoms with E-state index in [4.69, 9.17) is 19.7 Å². The van der Waals surface area contributed by atoms with Gasteiger partial charge in [-0.2, -0.15) is 0 Å². The van der Waals surface area contributed by atoms with Crippen LogP contribution in [0.4, 0.5) is 0 Å². The smallest absolute Gasteiger partial charge is 0.124 e. The maximum atomic E-state index is 9.34. The minimum absolute atomic E-state index is 0.153. The Balaban J connectivity index is 2.11. The molecule has 0 aliphatic rings. The second-order valence-electron chi connectivity index (χ2n) is 6.05. The van der Waals surface area contributed by atoms with Crippen molar-refractivity contribution in [2.75, 3.05) is 26.4 Å². The first-order valence-corrected chi connectivity index (χ1v) is 9.15. The standard InChI is InChI=1S/C22H26O5/c23-11-1-3-13-26-21-15-19(6-5-18-7-9-20(25)10-8-18)16-22(17-21)27-14-4-2-12-24/h7-10,15-17,23-25H,1-4,11-14H2. The highest BCUT2D eigenvalue weighted by atomic mass is 16.5. The second-order valence-corrected chi connectivity index (χ2v) is 6.05. The Morgan fingerprint density at radius 3 is 1.70 bits per heavy atom. The molecule has 0 radical (unpaired) electrons. The highest BCUT2D eigenvalue weighted by Crippen LogP contribution is 2.23. The fourth-order valence-electron chi connectivity index (χ4n) is 2.31. The summed E-state index contributed by atoms with van der Waals surface area (Å²) >= 11 is 0. The van der Waals surface area contributed by atoms with Crippen LogP contribution in [0.1, 0.15) is 36.8 Å². The van der Waals surface area contributed by atoms with E-state index in [1.807, 2.05) is 18.2 Å². The summed E-state index contributed by atoms with van der Waals surface area (Å²) in [5, 5.41) is 27.1. The lowest BCUT2D eigenvalue weighted by atomic mass is 10.1. The average Bonchev–Trinajstić information content (AvgIpc) is 2.68. The summed E-state index contributed by atoms with van der Waals surface area (Å²) in [6.07, 6.45) is 2.94. The monoisotopic (exact) mass is 370 g/mol. The lowest BCUT2D eigenvalue weighted by Crippen LogP contribution is -2.01. The van der Waals surface area contributed by atoms with Gasteiger partial charge in [-0.25, -0.2) is 0 Å². The molecule has 5 nitrogen and oxygen atoms in total. The van der Waals surface area contributed by atoms with Crippen LogP contribution >= 0.6 is 0 Å². The van der Waals surface area contributed by atoms with Crippen molar-refractivity contribution in [3.63, 3.8) is 0 Å². The topological polar surface area (TPSA) is 79.2 Å². The van der Waals surface area contributed by atoms with Gasteiger partial charge in [0.1, 0.15) is 17.2 Å². The van der Waals surface area contributed by atoms with E-state index < -0.39 is 0 Å². The largest absolute Gasteiger partial charge is 0.508 e. The van der Waals surface area contributed by atoms with Crippen molar-refractivity contribution >= 4 is 0 Å². The molecule has 0 spiro atoms. The summed E-state index contributed by atoms with van der Waals surface area (Å²) in [6.45, 7) is 1.33. The van der Waals surface area contributed by atoms with Crippen LogP contribution in [-0.2, 0) is 0 Å². The maximum absolute atomic E-state index is 9.34. The summed E-state index contributed by atoms with van der Waals surface area (Å²) in [6, 6.07) is 12.2. The lowest BCUT2D eigenvalue weighted by molar-refractivity contribution is 0.247.